The summed E-state index contributed by atoms with van der Waals surface area (Å²) >= 11 is 0. The Balaban J connectivity index is 1.77. The van der Waals surface area contributed by atoms with Gasteiger partial charge in [-0.05, 0) is 71.9 Å². The molecule has 13 heteroatoms. The summed E-state index contributed by atoms with van der Waals surface area (Å²) in [6.45, 7) is 10.2. The van der Waals surface area contributed by atoms with Crippen molar-refractivity contribution in [2.45, 2.75) is 57.4 Å². The van der Waals surface area contributed by atoms with Gasteiger partial charge in [-0.15, -0.1) is 5.10 Å². The molecular weight excluding hydrogens is 535 g/mol. The molecule has 3 heterocycles. The van der Waals surface area contributed by atoms with Crippen LogP contribution in [0.3, 0.4) is 0 Å². The number of alkyl carbamates (subject to hydrolysis) is 1. The molecule has 1 aliphatic heterocycles. The molecule has 3 aromatic rings. The molecule has 0 saturated heterocycles. The van der Waals surface area contributed by atoms with E-state index in [0.29, 0.717) is 22.6 Å². The molecule has 0 aliphatic carbocycles. The van der Waals surface area contributed by atoms with E-state index in [1.807, 2.05) is 6.07 Å². The molecule has 4 rings (SSSR count). The highest BCUT2D eigenvalue weighted by molar-refractivity contribution is 7.95. The van der Waals surface area contributed by atoms with Crippen LogP contribution in [0.2, 0.25) is 0 Å². The zero-order valence-corrected chi connectivity index (χ0v) is 24.2. The summed E-state index contributed by atoms with van der Waals surface area (Å²) in [7, 11) is -1.59. The molecule has 40 heavy (non-hydrogen) atoms. The molecule has 2 aromatic heterocycles. The fraction of sp³-hybridized carbons (Fsp3) is 0.407. The van der Waals surface area contributed by atoms with Crippen molar-refractivity contribution in [3.05, 3.63) is 59.7 Å². The van der Waals surface area contributed by atoms with Crippen molar-refractivity contribution in [1.29, 1.82) is 5.26 Å². The standard InChI is InChI=1S/C27H31FN8O3S/c1-25(2,3)39-24(37)32-23-26(4,5)40(38,30-7)16-27(6,33-23)19-12-18(9-10-20(19)28)21-15-36(35-34-21)22-11-8-17(13-29)14-31-22/h8-12,14-15H,16H2,1-7H3,(H,32,33,37)/t27-,40+/m0/s1. The second-order valence-electron chi connectivity index (χ2n) is 11.1. The second-order valence-corrected chi connectivity index (χ2v) is 14.1. The minimum absolute atomic E-state index is 0.0782. The van der Waals surface area contributed by atoms with E-state index in [1.165, 1.54) is 24.0 Å². The number of pyridine rings is 1. The second kappa shape index (κ2) is 10.1. The lowest BCUT2D eigenvalue weighted by Gasteiger charge is -2.41. The fourth-order valence-corrected chi connectivity index (χ4v) is 6.66. The Morgan fingerprint density at radius 3 is 2.58 bits per heavy atom. The van der Waals surface area contributed by atoms with Crippen LogP contribution >= 0.6 is 0 Å². The first-order chi connectivity index (χ1) is 18.6. The number of aromatic nitrogens is 4. The number of ether oxygens (including phenoxy) is 1. The maximum absolute atomic E-state index is 15.4. The van der Waals surface area contributed by atoms with E-state index in [9.17, 15) is 9.00 Å². The first-order valence-electron chi connectivity index (χ1n) is 12.4. The summed E-state index contributed by atoms with van der Waals surface area (Å²) in [5.74, 6) is -0.0991. The number of amides is 1. The smallest absolute Gasteiger partial charge is 0.413 e. The highest BCUT2D eigenvalue weighted by Gasteiger charge is 2.49. The fourth-order valence-electron chi connectivity index (χ4n) is 4.33. The third-order valence-corrected chi connectivity index (χ3v) is 9.90. The van der Waals surface area contributed by atoms with Gasteiger partial charge < -0.3 is 4.74 Å². The first-order valence-corrected chi connectivity index (χ1v) is 14.1. The number of amidine groups is 1. The van der Waals surface area contributed by atoms with Gasteiger partial charge in [0.15, 0.2) is 5.82 Å². The molecule has 0 radical (unpaired) electrons. The SMILES string of the molecule is CN=[S@@]1(=O)C[C@@](C)(c2cc(-c3cn(-c4ccc(C#N)cn4)nn3)ccc2F)N=C(NC(=O)OC(C)(C)C)C1(C)C. The van der Waals surface area contributed by atoms with Gasteiger partial charge in [0.25, 0.3) is 0 Å². The number of hydrogen-bond acceptors (Lipinski definition) is 9. The van der Waals surface area contributed by atoms with Crippen LogP contribution in [0.15, 0.2) is 52.1 Å². The van der Waals surface area contributed by atoms with Gasteiger partial charge in [0.1, 0.15) is 39.3 Å². The number of nitrogens with one attached hydrogen (secondary N) is 1. The van der Waals surface area contributed by atoms with Crippen molar-refractivity contribution in [2.75, 3.05) is 12.8 Å². The summed E-state index contributed by atoms with van der Waals surface area (Å²) < 4.78 is 39.5. The summed E-state index contributed by atoms with van der Waals surface area (Å²) in [4.78, 5) is 21.6. The number of nitriles is 1. The van der Waals surface area contributed by atoms with Crippen LogP contribution in [0.25, 0.3) is 17.1 Å². The van der Waals surface area contributed by atoms with Gasteiger partial charge in [-0.2, -0.15) is 5.26 Å². The quantitative estimate of drug-likeness (QED) is 0.495. The van der Waals surface area contributed by atoms with Crippen LogP contribution in [0.5, 0.6) is 0 Å². The lowest BCUT2D eigenvalue weighted by atomic mass is 9.91. The summed E-state index contributed by atoms with van der Waals surface area (Å²) in [5.41, 5.74) is -0.572. The zero-order chi connectivity index (χ0) is 29.5. The summed E-state index contributed by atoms with van der Waals surface area (Å²) in [5, 5.41) is 20.0. The number of hydrogen-bond donors (Lipinski definition) is 1. The lowest BCUT2D eigenvalue weighted by molar-refractivity contribution is 0.0560. The maximum atomic E-state index is 15.4. The van der Waals surface area contributed by atoms with Gasteiger partial charge in [0.05, 0.1) is 27.2 Å². The number of aliphatic imine (C=N–C) groups is 1. The summed E-state index contributed by atoms with van der Waals surface area (Å²) in [6, 6.07) is 9.68. The van der Waals surface area contributed by atoms with Crippen molar-refractivity contribution in [2.24, 2.45) is 9.36 Å². The van der Waals surface area contributed by atoms with Gasteiger partial charge in [-0.25, -0.2) is 27.4 Å². The van der Waals surface area contributed by atoms with E-state index >= 15 is 4.39 Å². The topological polar surface area (TPSA) is 148 Å². The van der Waals surface area contributed by atoms with E-state index < -0.39 is 37.5 Å². The first kappa shape index (κ1) is 28.8. The highest BCUT2D eigenvalue weighted by Crippen LogP contribution is 2.40. The minimum atomic E-state index is -3.04. The Morgan fingerprint density at radius 2 is 1.98 bits per heavy atom. The minimum Gasteiger partial charge on any atom is -0.444 e. The Kier molecular flexibility index (Phi) is 7.27. The third-order valence-electron chi connectivity index (χ3n) is 6.56. The van der Waals surface area contributed by atoms with Crippen molar-refractivity contribution in [1.82, 2.24) is 25.3 Å². The molecule has 1 aliphatic rings. The van der Waals surface area contributed by atoms with Crippen LogP contribution in [-0.4, -0.2) is 59.3 Å². The van der Waals surface area contributed by atoms with Gasteiger partial charge in [-0.1, -0.05) is 5.21 Å². The van der Waals surface area contributed by atoms with Crippen LogP contribution < -0.4 is 5.32 Å². The van der Waals surface area contributed by atoms with Crippen molar-refractivity contribution in [3.8, 4) is 23.1 Å². The van der Waals surface area contributed by atoms with Crippen molar-refractivity contribution < 1.29 is 18.1 Å². The number of nitrogens with zero attached hydrogens (tertiary/aromatic N) is 7. The number of carbonyl (C=O) groups is 1. The van der Waals surface area contributed by atoms with E-state index in [2.05, 4.69) is 25.0 Å². The molecule has 0 bridgehead atoms. The predicted molar refractivity (Wildman–Crippen MR) is 149 cm³/mol. The molecular formula is C27H31FN8O3S. The van der Waals surface area contributed by atoms with Crippen molar-refractivity contribution in [3.63, 3.8) is 0 Å². The lowest BCUT2D eigenvalue weighted by Crippen LogP contribution is -2.57. The molecule has 0 unspecified atom stereocenters. The maximum Gasteiger partial charge on any atom is 0.413 e. The van der Waals surface area contributed by atoms with E-state index in [-0.39, 0.29) is 17.2 Å². The normalized spacial score (nSPS) is 22.1. The van der Waals surface area contributed by atoms with Crippen LogP contribution in [-0.2, 0) is 20.0 Å². The van der Waals surface area contributed by atoms with Crippen LogP contribution in [0.1, 0.15) is 52.7 Å². The van der Waals surface area contributed by atoms with Gasteiger partial charge >= 0.3 is 6.09 Å². The molecule has 11 nitrogen and oxygen atoms in total. The molecule has 210 valence electrons. The highest BCUT2D eigenvalue weighted by atomic mass is 32.2. The third kappa shape index (κ3) is 5.44. The van der Waals surface area contributed by atoms with Crippen molar-refractivity contribution >= 4 is 21.7 Å². The monoisotopic (exact) mass is 566 g/mol. The Labute approximate surface area is 232 Å². The van der Waals surface area contributed by atoms with E-state index in [4.69, 9.17) is 15.0 Å². The molecule has 1 aromatic carbocycles. The Hall–Kier alpha value is -4.18. The van der Waals surface area contributed by atoms with E-state index in [0.717, 1.165) is 0 Å². The summed E-state index contributed by atoms with van der Waals surface area (Å²) in [6.07, 6.45) is 2.29. The molecule has 1 N–H and O–H groups in total. The number of carbonyl (C=O) groups excluding carboxylic acids is 1. The molecule has 1 amide bonds. The predicted octanol–water partition coefficient (Wildman–Crippen LogP) is 4.37. The molecule has 2 atom stereocenters. The van der Waals surface area contributed by atoms with Gasteiger partial charge in [0, 0.05) is 24.4 Å². The average molecular weight is 567 g/mol. The van der Waals surface area contributed by atoms with Gasteiger partial charge in [-0.3, -0.25) is 10.3 Å². The largest absolute Gasteiger partial charge is 0.444 e. The Morgan fingerprint density at radius 1 is 1.25 bits per heavy atom. The Bertz CT molecular complexity index is 1660. The van der Waals surface area contributed by atoms with Crippen LogP contribution in [0.4, 0.5) is 9.18 Å². The van der Waals surface area contributed by atoms with Gasteiger partial charge in [0.2, 0.25) is 0 Å². The number of halogens is 1. The van der Waals surface area contributed by atoms with E-state index in [1.54, 1.807) is 72.0 Å². The number of rotatable bonds is 3. The molecule has 0 saturated carbocycles. The number of benzene rings is 1. The average Bonchev–Trinajstić information content (AvgIpc) is 3.37. The van der Waals surface area contributed by atoms with Crippen LogP contribution in [0, 0.1) is 17.1 Å². The zero-order valence-electron chi connectivity index (χ0n) is 23.4. The molecule has 0 fully saturated rings. The molecule has 0 spiro atoms.